The van der Waals surface area contributed by atoms with Gasteiger partial charge in [-0.05, 0) is 66.7 Å². The summed E-state index contributed by atoms with van der Waals surface area (Å²) >= 11 is 0. The predicted molar refractivity (Wildman–Crippen MR) is 97.3 cm³/mol. The average Bonchev–Trinajstić information content (AvgIpc) is 2.64. The lowest BCUT2D eigenvalue weighted by atomic mass is 9.59. The Bertz CT molecular complexity index is 731. The van der Waals surface area contributed by atoms with Gasteiger partial charge in [0.15, 0.2) is 0 Å². The van der Waals surface area contributed by atoms with Gasteiger partial charge >= 0.3 is 6.03 Å². The lowest BCUT2D eigenvalue weighted by Gasteiger charge is -2.55. The van der Waals surface area contributed by atoms with Crippen LogP contribution in [0.25, 0.3) is 0 Å². The second-order valence-corrected chi connectivity index (χ2v) is 8.24. The maximum atomic E-state index is 13.1. The zero-order chi connectivity index (χ0) is 17.6. The number of carbonyl (C=O) groups excluding carboxylic acids is 1. The number of nitriles is 1. The third kappa shape index (κ3) is 2.52. The molecule has 0 spiro atoms. The minimum Gasteiger partial charge on any atom is -0.325 e. The van der Waals surface area contributed by atoms with E-state index in [4.69, 9.17) is 0 Å². The molecule has 4 heteroatoms. The van der Waals surface area contributed by atoms with Gasteiger partial charge in [-0.15, -0.1) is 0 Å². The molecule has 0 radical (unpaired) electrons. The fourth-order valence-corrected chi connectivity index (χ4v) is 5.23. The Kier molecular flexibility index (Phi) is 3.98. The first-order chi connectivity index (χ1) is 12.0. The zero-order valence-electron chi connectivity index (χ0n) is 15.3. The first-order valence-electron chi connectivity index (χ1n) is 9.63. The van der Waals surface area contributed by atoms with E-state index in [1.165, 1.54) is 17.5 Å². The Labute approximate surface area is 150 Å². The number of likely N-dealkylation sites (tertiary alicyclic amines) is 2. The maximum Gasteiger partial charge on any atom is 0.320 e. The van der Waals surface area contributed by atoms with Crippen LogP contribution < -0.4 is 0 Å². The van der Waals surface area contributed by atoms with Crippen LogP contribution in [0, 0.1) is 17.2 Å². The minimum absolute atomic E-state index is 0.102. The number of piperidine rings is 2. The first-order valence-corrected chi connectivity index (χ1v) is 9.63. The lowest BCUT2D eigenvalue weighted by Crippen LogP contribution is -2.62. The largest absolute Gasteiger partial charge is 0.325 e. The van der Waals surface area contributed by atoms with Crippen molar-refractivity contribution in [2.24, 2.45) is 5.92 Å². The summed E-state index contributed by atoms with van der Waals surface area (Å²) in [4.78, 5) is 17.3. The SMILES string of the molecule is C[C@H]1[C@H]2Cc3cc(C#N)ccc3[C@]1(C)CCN2C(=O)N1CCCCC1. The second kappa shape index (κ2) is 6.05. The Morgan fingerprint density at radius 1 is 1.24 bits per heavy atom. The molecule has 3 atom stereocenters. The monoisotopic (exact) mass is 337 g/mol. The highest BCUT2D eigenvalue weighted by molar-refractivity contribution is 5.75. The summed E-state index contributed by atoms with van der Waals surface area (Å²) in [7, 11) is 0. The van der Waals surface area contributed by atoms with E-state index < -0.39 is 0 Å². The minimum atomic E-state index is 0.102. The Morgan fingerprint density at radius 3 is 2.72 bits per heavy atom. The quantitative estimate of drug-likeness (QED) is 0.725. The number of hydrogen-bond donors (Lipinski definition) is 0. The van der Waals surface area contributed by atoms with Gasteiger partial charge in [0, 0.05) is 25.7 Å². The smallest absolute Gasteiger partial charge is 0.320 e. The summed E-state index contributed by atoms with van der Waals surface area (Å²) in [6.45, 7) is 7.31. The summed E-state index contributed by atoms with van der Waals surface area (Å²) in [5.74, 6) is 0.440. The van der Waals surface area contributed by atoms with Crippen molar-refractivity contribution in [2.45, 2.75) is 57.4 Å². The van der Waals surface area contributed by atoms with Crippen LogP contribution in [-0.4, -0.2) is 41.5 Å². The summed E-state index contributed by atoms with van der Waals surface area (Å²) in [6, 6.07) is 8.89. The van der Waals surface area contributed by atoms with Crippen LogP contribution in [0.3, 0.4) is 0 Å². The van der Waals surface area contributed by atoms with E-state index in [2.05, 4.69) is 35.8 Å². The van der Waals surface area contributed by atoms with Gasteiger partial charge in [-0.1, -0.05) is 19.9 Å². The van der Waals surface area contributed by atoms with E-state index in [-0.39, 0.29) is 17.5 Å². The molecule has 132 valence electrons. The topological polar surface area (TPSA) is 47.3 Å². The zero-order valence-corrected chi connectivity index (χ0v) is 15.3. The normalized spacial score (nSPS) is 31.2. The molecule has 0 aromatic heterocycles. The van der Waals surface area contributed by atoms with Gasteiger partial charge in [-0.3, -0.25) is 0 Å². The molecule has 2 fully saturated rings. The molecule has 3 aliphatic rings. The molecule has 2 aliphatic heterocycles. The highest BCUT2D eigenvalue weighted by atomic mass is 16.2. The van der Waals surface area contributed by atoms with E-state index >= 15 is 0 Å². The van der Waals surface area contributed by atoms with Gasteiger partial charge in [0.25, 0.3) is 0 Å². The van der Waals surface area contributed by atoms with Crippen molar-refractivity contribution in [2.75, 3.05) is 19.6 Å². The Morgan fingerprint density at radius 2 is 2.00 bits per heavy atom. The number of benzene rings is 1. The lowest BCUT2D eigenvalue weighted by molar-refractivity contribution is 0.0385. The van der Waals surface area contributed by atoms with Gasteiger partial charge in [-0.2, -0.15) is 5.26 Å². The highest BCUT2D eigenvalue weighted by Gasteiger charge is 2.50. The number of carbonyl (C=O) groups is 1. The van der Waals surface area contributed by atoms with E-state index in [1.807, 2.05) is 12.1 Å². The number of hydrogen-bond acceptors (Lipinski definition) is 2. The molecule has 4 rings (SSSR count). The Hall–Kier alpha value is -2.02. The van der Waals surface area contributed by atoms with Gasteiger partial charge in [-0.25, -0.2) is 4.79 Å². The predicted octanol–water partition coefficient (Wildman–Crippen LogP) is 3.69. The number of amides is 2. The first kappa shape index (κ1) is 16.4. The Balaban J connectivity index is 1.66. The van der Waals surface area contributed by atoms with Gasteiger partial charge in [0.1, 0.15) is 0 Å². The van der Waals surface area contributed by atoms with Crippen molar-refractivity contribution >= 4 is 6.03 Å². The molecular formula is C21H27N3O. The van der Waals surface area contributed by atoms with Crippen molar-refractivity contribution in [1.82, 2.24) is 9.80 Å². The van der Waals surface area contributed by atoms with Crippen LogP contribution in [0.5, 0.6) is 0 Å². The van der Waals surface area contributed by atoms with Crippen LogP contribution >= 0.6 is 0 Å². The van der Waals surface area contributed by atoms with Crippen molar-refractivity contribution < 1.29 is 4.79 Å². The summed E-state index contributed by atoms with van der Waals surface area (Å²) in [5.41, 5.74) is 3.48. The maximum absolute atomic E-state index is 13.1. The number of rotatable bonds is 0. The number of fused-ring (bicyclic) bond motifs is 4. The van der Waals surface area contributed by atoms with Crippen LogP contribution in [0.15, 0.2) is 18.2 Å². The van der Waals surface area contributed by atoms with Gasteiger partial charge in [0.2, 0.25) is 0 Å². The average molecular weight is 337 g/mol. The van der Waals surface area contributed by atoms with Crippen LogP contribution in [0.2, 0.25) is 0 Å². The number of urea groups is 1. The van der Waals surface area contributed by atoms with Crippen LogP contribution in [-0.2, 0) is 11.8 Å². The molecule has 2 heterocycles. The molecule has 1 aromatic carbocycles. The molecule has 1 aromatic rings. The van der Waals surface area contributed by atoms with Gasteiger partial charge in [0.05, 0.1) is 11.6 Å². The van der Waals surface area contributed by atoms with E-state index in [1.54, 1.807) is 0 Å². The fourth-order valence-electron chi connectivity index (χ4n) is 5.23. The molecule has 1 aliphatic carbocycles. The molecule has 2 saturated heterocycles. The van der Waals surface area contributed by atoms with E-state index in [0.29, 0.717) is 5.92 Å². The van der Waals surface area contributed by atoms with Crippen molar-refractivity contribution in [3.8, 4) is 6.07 Å². The molecule has 4 nitrogen and oxygen atoms in total. The molecule has 0 saturated carbocycles. The number of nitrogens with zero attached hydrogens (tertiary/aromatic N) is 3. The summed E-state index contributed by atoms with van der Waals surface area (Å²) in [6.07, 6.45) is 5.38. The van der Waals surface area contributed by atoms with Crippen molar-refractivity contribution in [3.63, 3.8) is 0 Å². The standard InChI is InChI=1S/C21H27N3O/c1-15-19-13-17-12-16(14-22)6-7-18(17)21(15,2)8-11-24(19)20(25)23-9-4-3-5-10-23/h6-7,12,15,19H,3-5,8-11,13H2,1-2H3/t15-,19+,21+/m0/s1. The summed E-state index contributed by atoms with van der Waals surface area (Å²) in [5, 5.41) is 9.25. The van der Waals surface area contributed by atoms with E-state index in [9.17, 15) is 10.1 Å². The molecular weight excluding hydrogens is 310 g/mol. The fraction of sp³-hybridized carbons (Fsp3) is 0.619. The molecule has 0 N–H and O–H groups in total. The molecule has 2 amide bonds. The third-order valence-electron chi connectivity index (χ3n) is 7.01. The third-order valence-corrected chi connectivity index (χ3v) is 7.01. The van der Waals surface area contributed by atoms with Crippen molar-refractivity contribution in [3.05, 3.63) is 34.9 Å². The molecule has 2 bridgehead atoms. The second-order valence-electron chi connectivity index (χ2n) is 8.24. The molecule has 25 heavy (non-hydrogen) atoms. The van der Waals surface area contributed by atoms with Crippen molar-refractivity contribution in [1.29, 1.82) is 5.26 Å². The van der Waals surface area contributed by atoms with Gasteiger partial charge < -0.3 is 9.80 Å². The molecule has 0 unspecified atom stereocenters. The highest BCUT2D eigenvalue weighted by Crippen LogP contribution is 2.48. The van der Waals surface area contributed by atoms with Crippen LogP contribution in [0.1, 0.15) is 56.2 Å². The van der Waals surface area contributed by atoms with Crippen LogP contribution in [0.4, 0.5) is 4.79 Å². The van der Waals surface area contributed by atoms with E-state index in [0.717, 1.165) is 50.9 Å². The summed E-state index contributed by atoms with van der Waals surface area (Å²) < 4.78 is 0.